The van der Waals surface area contributed by atoms with Crippen LogP contribution in [-0.2, 0) is 9.53 Å². The van der Waals surface area contributed by atoms with Gasteiger partial charge in [0, 0.05) is 25.6 Å². The summed E-state index contributed by atoms with van der Waals surface area (Å²) in [5.41, 5.74) is 5.73. The molecule has 1 aliphatic heterocycles. The van der Waals surface area contributed by atoms with Crippen LogP contribution in [0.3, 0.4) is 0 Å². The number of nitrogens with zero attached hydrogens (tertiary/aromatic N) is 1. The summed E-state index contributed by atoms with van der Waals surface area (Å²) >= 11 is 0. The van der Waals surface area contributed by atoms with Crippen LogP contribution in [0.1, 0.15) is 45.4 Å². The van der Waals surface area contributed by atoms with Crippen LogP contribution in [0.25, 0.3) is 0 Å². The van der Waals surface area contributed by atoms with E-state index in [2.05, 4.69) is 0 Å². The summed E-state index contributed by atoms with van der Waals surface area (Å²) in [5, 5.41) is 0. The fourth-order valence-corrected chi connectivity index (χ4v) is 3.15. The van der Waals surface area contributed by atoms with E-state index in [-0.39, 0.29) is 5.91 Å². The molecular weight excluding hydrogens is 228 g/mol. The second kappa shape index (κ2) is 6.02. The molecular formula is C14H26N2O2. The minimum atomic E-state index is -0.571. The Bertz CT molecular complexity index is 288. The maximum absolute atomic E-state index is 12.5. The van der Waals surface area contributed by atoms with E-state index in [9.17, 15) is 4.79 Å². The highest BCUT2D eigenvalue weighted by atomic mass is 16.5. The number of hydrogen-bond acceptors (Lipinski definition) is 3. The maximum atomic E-state index is 12.5. The lowest BCUT2D eigenvalue weighted by Gasteiger charge is -2.35. The zero-order valence-corrected chi connectivity index (χ0v) is 11.5. The molecule has 1 saturated carbocycles. The van der Waals surface area contributed by atoms with E-state index in [1.165, 1.54) is 6.42 Å². The summed E-state index contributed by atoms with van der Waals surface area (Å²) in [6.45, 7) is 5.23. The molecule has 1 atom stereocenters. The third-order valence-corrected chi connectivity index (χ3v) is 4.30. The number of ether oxygens (including phenoxy) is 1. The monoisotopic (exact) mass is 254 g/mol. The highest BCUT2D eigenvalue weighted by molar-refractivity contribution is 5.86. The van der Waals surface area contributed by atoms with Gasteiger partial charge < -0.3 is 15.4 Å². The van der Waals surface area contributed by atoms with Crippen LogP contribution >= 0.6 is 0 Å². The van der Waals surface area contributed by atoms with Crippen molar-refractivity contribution in [2.75, 3.05) is 26.3 Å². The molecule has 1 unspecified atom stereocenters. The molecule has 1 saturated heterocycles. The number of nitrogens with two attached hydrogens (primary N) is 1. The largest absolute Gasteiger partial charge is 0.381 e. The maximum Gasteiger partial charge on any atom is 0.242 e. The van der Waals surface area contributed by atoms with Crippen LogP contribution < -0.4 is 5.73 Å². The van der Waals surface area contributed by atoms with E-state index >= 15 is 0 Å². The van der Waals surface area contributed by atoms with Crippen LogP contribution in [0.5, 0.6) is 0 Å². The summed E-state index contributed by atoms with van der Waals surface area (Å²) < 4.78 is 5.45. The first-order valence-corrected chi connectivity index (χ1v) is 7.32. The molecule has 0 bridgehead atoms. The Kier molecular flexibility index (Phi) is 4.62. The molecule has 2 rings (SSSR count). The van der Waals surface area contributed by atoms with Gasteiger partial charge in [-0.25, -0.2) is 0 Å². The molecule has 0 spiro atoms. The Labute approximate surface area is 110 Å². The van der Waals surface area contributed by atoms with Crippen molar-refractivity contribution in [1.29, 1.82) is 0 Å². The molecule has 0 aromatic rings. The van der Waals surface area contributed by atoms with E-state index in [1.54, 1.807) is 0 Å². The van der Waals surface area contributed by atoms with E-state index in [0.717, 1.165) is 58.4 Å². The van der Waals surface area contributed by atoms with Crippen LogP contribution in [0, 0.1) is 5.92 Å². The summed E-state index contributed by atoms with van der Waals surface area (Å²) in [7, 11) is 0. The number of carbonyl (C=O) groups excluding carboxylic acids is 1. The first-order chi connectivity index (χ1) is 8.65. The first-order valence-electron chi connectivity index (χ1n) is 7.32. The van der Waals surface area contributed by atoms with Crippen molar-refractivity contribution in [3.8, 4) is 0 Å². The van der Waals surface area contributed by atoms with Gasteiger partial charge in [-0.05, 0) is 26.2 Å². The highest BCUT2D eigenvalue weighted by Crippen LogP contribution is 2.29. The molecule has 0 aromatic carbocycles. The molecule has 1 aliphatic carbocycles. The molecule has 0 aromatic heterocycles. The number of hydrogen-bond donors (Lipinski definition) is 1. The molecule has 104 valence electrons. The van der Waals surface area contributed by atoms with Crippen molar-refractivity contribution < 1.29 is 9.53 Å². The molecule has 0 radical (unpaired) electrons. The number of amides is 1. The van der Waals surface area contributed by atoms with Gasteiger partial charge in [-0.2, -0.15) is 0 Å². The number of rotatable bonds is 4. The second-order valence-corrected chi connectivity index (χ2v) is 5.78. The fraction of sp³-hybridized carbons (Fsp3) is 0.929. The third-order valence-electron chi connectivity index (χ3n) is 4.30. The normalized spacial score (nSPS) is 27.4. The van der Waals surface area contributed by atoms with Gasteiger partial charge in [-0.3, -0.25) is 4.79 Å². The first kappa shape index (κ1) is 13.8. The predicted octanol–water partition coefficient (Wildman–Crippen LogP) is 1.53. The van der Waals surface area contributed by atoms with Gasteiger partial charge in [-0.15, -0.1) is 0 Å². The molecule has 1 amide bonds. The average molecular weight is 254 g/mol. The van der Waals surface area contributed by atoms with Gasteiger partial charge in [-0.1, -0.05) is 19.3 Å². The molecule has 4 heteroatoms. The predicted molar refractivity (Wildman–Crippen MR) is 71.2 cm³/mol. The van der Waals surface area contributed by atoms with Crippen LogP contribution in [0.2, 0.25) is 0 Å². The molecule has 2 fully saturated rings. The highest BCUT2D eigenvalue weighted by Gasteiger charge is 2.40. The van der Waals surface area contributed by atoms with Crippen molar-refractivity contribution >= 4 is 5.91 Å². The lowest BCUT2D eigenvalue weighted by atomic mass is 9.81. The van der Waals surface area contributed by atoms with Gasteiger partial charge in [0.1, 0.15) is 0 Å². The van der Waals surface area contributed by atoms with Crippen molar-refractivity contribution in [3.05, 3.63) is 0 Å². The van der Waals surface area contributed by atoms with E-state index in [0.29, 0.717) is 5.92 Å². The number of likely N-dealkylation sites (tertiary alicyclic amines) is 1. The molecule has 18 heavy (non-hydrogen) atoms. The third kappa shape index (κ3) is 3.04. The Morgan fingerprint density at radius 2 is 2.11 bits per heavy atom. The number of carbonyl (C=O) groups is 1. The van der Waals surface area contributed by atoms with Gasteiger partial charge in [0.05, 0.1) is 12.1 Å². The van der Waals surface area contributed by atoms with Gasteiger partial charge >= 0.3 is 0 Å². The quantitative estimate of drug-likeness (QED) is 0.828. The van der Waals surface area contributed by atoms with Crippen molar-refractivity contribution in [2.45, 2.75) is 51.0 Å². The Morgan fingerprint density at radius 1 is 1.39 bits per heavy atom. The SMILES string of the molecule is CCOCC1CCN(C(=O)C2(N)CCCCC2)C1. The minimum absolute atomic E-state index is 0.182. The topological polar surface area (TPSA) is 55.6 Å². The van der Waals surface area contributed by atoms with Crippen LogP contribution in [0.15, 0.2) is 0 Å². The Morgan fingerprint density at radius 3 is 2.78 bits per heavy atom. The van der Waals surface area contributed by atoms with Gasteiger partial charge in [0.25, 0.3) is 0 Å². The molecule has 2 N–H and O–H groups in total. The second-order valence-electron chi connectivity index (χ2n) is 5.78. The minimum Gasteiger partial charge on any atom is -0.381 e. The summed E-state index contributed by atoms with van der Waals surface area (Å²) in [4.78, 5) is 14.5. The summed E-state index contributed by atoms with van der Waals surface area (Å²) in [6.07, 6.45) is 6.19. The van der Waals surface area contributed by atoms with Crippen molar-refractivity contribution in [2.24, 2.45) is 11.7 Å². The fourth-order valence-electron chi connectivity index (χ4n) is 3.15. The lowest BCUT2D eigenvalue weighted by molar-refractivity contribution is -0.137. The van der Waals surface area contributed by atoms with Gasteiger partial charge in [0.15, 0.2) is 0 Å². The van der Waals surface area contributed by atoms with Crippen molar-refractivity contribution in [3.63, 3.8) is 0 Å². The smallest absolute Gasteiger partial charge is 0.242 e. The molecule has 2 aliphatic rings. The zero-order chi connectivity index (χ0) is 13.0. The molecule has 4 nitrogen and oxygen atoms in total. The van der Waals surface area contributed by atoms with E-state index in [1.807, 2.05) is 11.8 Å². The zero-order valence-electron chi connectivity index (χ0n) is 11.5. The standard InChI is InChI=1S/C14H26N2O2/c1-2-18-11-12-6-9-16(10-12)13(17)14(15)7-4-3-5-8-14/h12H,2-11,15H2,1H3. The van der Waals surface area contributed by atoms with Crippen molar-refractivity contribution in [1.82, 2.24) is 4.90 Å². The summed E-state index contributed by atoms with van der Waals surface area (Å²) in [5.74, 6) is 0.683. The van der Waals surface area contributed by atoms with Gasteiger partial charge in [0.2, 0.25) is 5.91 Å². The molecule has 1 heterocycles. The van der Waals surface area contributed by atoms with Crippen LogP contribution in [0.4, 0.5) is 0 Å². The van der Waals surface area contributed by atoms with Crippen LogP contribution in [-0.4, -0.2) is 42.6 Å². The average Bonchev–Trinajstić information content (AvgIpc) is 2.85. The Balaban J connectivity index is 1.86. The van der Waals surface area contributed by atoms with E-state index in [4.69, 9.17) is 10.5 Å². The lowest BCUT2D eigenvalue weighted by Crippen LogP contribution is -2.55. The van der Waals surface area contributed by atoms with E-state index < -0.39 is 5.54 Å². The summed E-state index contributed by atoms with van der Waals surface area (Å²) in [6, 6.07) is 0. The Hall–Kier alpha value is -0.610.